The number of alkyl halides is 2. The topological polar surface area (TPSA) is 59.0 Å². The van der Waals surface area contributed by atoms with Crippen molar-refractivity contribution in [2.45, 2.75) is 13.3 Å². The van der Waals surface area contributed by atoms with Crippen molar-refractivity contribution >= 4 is 5.91 Å². The number of para-hydroxylation sites is 2. The molecule has 1 rings (SSSR count). The second kappa shape index (κ2) is 9.12. The number of hydrogen-bond donors (Lipinski definition) is 1. The van der Waals surface area contributed by atoms with Gasteiger partial charge in [0.15, 0.2) is 18.1 Å². The molecule has 1 N–H and O–H groups in total. The summed E-state index contributed by atoms with van der Waals surface area (Å²) >= 11 is 0. The molecule has 1 aromatic rings. The van der Waals surface area contributed by atoms with Crippen molar-refractivity contribution < 1.29 is 28.2 Å². The van der Waals surface area contributed by atoms with E-state index < -0.39 is 25.5 Å². The maximum Gasteiger partial charge on any atom is 0.260 e. The second-order valence-corrected chi connectivity index (χ2v) is 4.12. The first-order valence-corrected chi connectivity index (χ1v) is 6.59. The Labute approximate surface area is 122 Å². The molecule has 0 unspecified atom stereocenters. The fraction of sp³-hybridized carbons (Fsp3) is 0.500. The zero-order valence-electron chi connectivity index (χ0n) is 11.8. The van der Waals surface area contributed by atoms with E-state index in [1.54, 1.807) is 24.3 Å². The lowest BCUT2D eigenvalue weighted by Gasteiger charge is -2.21. The van der Waals surface area contributed by atoms with E-state index >= 15 is 0 Å². The predicted molar refractivity (Wildman–Crippen MR) is 72.8 cm³/mol. The first-order valence-electron chi connectivity index (χ1n) is 6.59. The minimum absolute atomic E-state index is 0.153. The Morgan fingerprint density at radius 3 is 2.43 bits per heavy atom. The van der Waals surface area contributed by atoms with Crippen LogP contribution in [-0.4, -0.2) is 55.2 Å². The number of ether oxygens (including phenoxy) is 2. The fourth-order valence-electron chi connectivity index (χ4n) is 1.68. The summed E-state index contributed by atoms with van der Waals surface area (Å²) in [4.78, 5) is 12.7. The molecule has 1 amide bonds. The van der Waals surface area contributed by atoms with Gasteiger partial charge in [-0.15, -0.1) is 0 Å². The quantitative estimate of drug-likeness (QED) is 0.752. The lowest BCUT2D eigenvalue weighted by Crippen LogP contribution is -2.40. The van der Waals surface area contributed by atoms with Gasteiger partial charge < -0.3 is 19.5 Å². The number of rotatable bonds is 9. The van der Waals surface area contributed by atoms with E-state index in [1.807, 2.05) is 6.92 Å². The van der Waals surface area contributed by atoms with Crippen LogP contribution >= 0.6 is 0 Å². The first kappa shape index (κ1) is 17.2. The van der Waals surface area contributed by atoms with E-state index in [0.29, 0.717) is 18.1 Å². The van der Waals surface area contributed by atoms with E-state index in [9.17, 15) is 13.6 Å². The summed E-state index contributed by atoms with van der Waals surface area (Å²) < 4.78 is 35.4. The molecule has 0 fully saturated rings. The van der Waals surface area contributed by atoms with Gasteiger partial charge in [-0.05, 0) is 19.1 Å². The maximum absolute atomic E-state index is 12.4. The Morgan fingerprint density at radius 1 is 1.29 bits per heavy atom. The summed E-state index contributed by atoms with van der Waals surface area (Å²) in [5, 5.41) is 8.80. The molecule has 0 saturated heterocycles. The Hall–Kier alpha value is -1.89. The van der Waals surface area contributed by atoms with Gasteiger partial charge >= 0.3 is 0 Å². The molecule has 5 nitrogen and oxygen atoms in total. The molecule has 0 atom stereocenters. The Bertz CT molecular complexity index is 443. The molecular weight excluding hydrogens is 284 g/mol. The second-order valence-electron chi connectivity index (χ2n) is 4.12. The molecule has 0 radical (unpaired) electrons. The number of carbonyl (C=O) groups excluding carboxylic acids is 1. The summed E-state index contributed by atoms with van der Waals surface area (Å²) in [5.74, 6) is 0.236. The van der Waals surface area contributed by atoms with Crippen LogP contribution in [0.5, 0.6) is 11.5 Å². The molecule has 1 aromatic carbocycles. The average molecular weight is 303 g/mol. The van der Waals surface area contributed by atoms with Gasteiger partial charge in [0.1, 0.15) is 0 Å². The molecule has 0 aliphatic rings. The minimum Gasteiger partial charge on any atom is -0.490 e. The summed E-state index contributed by atoms with van der Waals surface area (Å²) in [6, 6.07) is 6.79. The molecule has 0 spiro atoms. The molecule has 21 heavy (non-hydrogen) atoms. The number of benzene rings is 1. The van der Waals surface area contributed by atoms with E-state index in [2.05, 4.69) is 0 Å². The molecule has 0 aliphatic carbocycles. The van der Waals surface area contributed by atoms with Gasteiger partial charge in [-0.3, -0.25) is 4.79 Å². The van der Waals surface area contributed by atoms with Gasteiger partial charge in [-0.2, -0.15) is 0 Å². The third-order valence-electron chi connectivity index (χ3n) is 2.58. The molecule has 0 heterocycles. The first-order chi connectivity index (χ1) is 10.1. The fourth-order valence-corrected chi connectivity index (χ4v) is 1.68. The van der Waals surface area contributed by atoms with E-state index in [1.165, 1.54) is 0 Å². The van der Waals surface area contributed by atoms with Crippen molar-refractivity contribution in [3.05, 3.63) is 24.3 Å². The number of hydrogen-bond acceptors (Lipinski definition) is 4. The molecular formula is C14H19F2NO4. The van der Waals surface area contributed by atoms with Crippen molar-refractivity contribution in [2.24, 2.45) is 0 Å². The highest BCUT2D eigenvalue weighted by Crippen LogP contribution is 2.26. The number of halogens is 2. The third kappa shape index (κ3) is 5.95. The zero-order valence-corrected chi connectivity index (χ0v) is 11.8. The van der Waals surface area contributed by atoms with Crippen LogP contribution < -0.4 is 9.47 Å². The van der Waals surface area contributed by atoms with Crippen molar-refractivity contribution in [1.29, 1.82) is 0 Å². The van der Waals surface area contributed by atoms with E-state index in [4.69, 9.17) is 14.6 Å². The van der Waals surface area contributed by atoms with Crippen molar-refractivity contribution in [1.82, 2.24) is 4.90 Å². The molecule has 7 heteroatoms. The number of nitrogens with zero attached hydrogens (tertiary/aromatic N) is 1. The highest BCUT2D eigenvalue weighted by atomic mass is 19.3. The Kier molecular flexibility index (Phi) is 7.45. The molecule has 0 saturated carbocycles. The third-order valence-corrected chi connectivity index (χ3v) is 2.58. The van der Waals surface area contributed by atoms with Gasteiger partial charge in [0, 0.05) is 6.54 Å². The SMILES string of the molecule is CCOc1ccccc1OCC(=O)N(CCO)CC(F)F. The summed E-state index contributed by atoms with van der Waals surface area (Å²) in [6.45, 7) is 0.601. The van der Waals surface area contributed by atoms with Gasteiger partial charge in [0.2, 0.25) is 0 Å². The van der Waals surface area contributed by atoms with Crippen LogP contribution in [0.15, 0.2) is 24.3 Å². The van der Waals surface area contributed by atoms with Crippen molar-refractivity contribution in [2.75, 3.05) is 32.9 Å². The van der Waals surface area contributed by atoms with E-state index in [-0.39, 0.29) is 13.2 Å². The smallest absolute Gasteiger partial charge is 0.260 e. The summed E-state index contributed by atoms with van der Waals surface area (Å²) in [5.41, 5.74) is 0. The highest BCUT2D eigenvalue weighted by molar-refractivity contribution is 5.77. The predicted octanol–water partition coefficient (Wildman–Crippen LogP) is 1.55. The molecule has 118 valence electrons. The van der Waals surface area contributed by atoms with Gasteiger partial charge in [0.25, 0.3) is 12.3 Å². The van der Waals surface area contributed by atoms with Crippen LogP contribution in [0.3, 0.4) is 0 Å². The Balaban J connectivity index is 2.62. The van der Waals surface area contributed by atoms with Crippen molar-refractivity contribution in [3.8, 4) is 11.5 Å². The van der Waals surface area contributed by atoms with Crippen LogP contribution in [0, 0.1) is 0 Å². The summed E-state index contributed by atoms with van der Waals surface area (Å²) in [7, 11) is 0. The van der Waals surface area contributed by atoms with Crippen LogP contribution in [0.25, 0.3) is 0 Å². The molecule has 0 aliphatic heterocycles. The van der Waals surface area contributed by atoms with Crippen LogP contribution in [0.2, 0.25) is 0 Å². The average Bonchev–Trinajstić information content (AvgIpc) is 2.45. The standard InChI is InChI=1S/C14H19F2NO4/c1-2-20-11-5-3-4-6-12(11)21-10-14(19)17(7-8-18)9-13(15)16/h3-6,13,18H,2,7-10H2,1H3. The number of amides is 1. The van der Waals surface area contributed by atoms with Crippen LogP contribution in [0.4, 0.5) is 8.78 Å². The minimum atomic E-state index is -2.66. The number of aliphatic hydroxyl groups is 1. The van der Waals surface area contributed by atoms with Crippen LogP contribution in [-0.2, 0) is 4.79 Å². The molecule has 0 bridgehead atoms. The monoisotopic (exact) mass is 303 g/mol. The van der Waals surface area contributed by atoms with E-state index in [0.717, 1.165) is 4.90 Å². The Morgan fingerprint density at radius 2 is 1.90 bits per heavy atom. The zero-order chi connectivity index (χ0) is 15.7. The van der Waals surface area contributed by atoms with Crippen molar-refractivity contribution in [3.63, 3.8) is 0 Å². The van der Waals surface area contributed by atoms with Gasteiger partial charge in [-0.1, -0.05) is 12.1 Å². The van der Waals surface area contributed by atoms with Gasteiger partial charge in [0.05, 0.1) is 19.8 Å². The highest BCUT2D eigenvalue weighted by Gasteiger charge is 2.18. The summed E-state index contributed by atoms with van der Waals surface area (Å²) in [6.07, 6.45) is -2.66. The van der Waals surface area contributed by atoms with Gasteiger partial charge in [-0.25, -0.2) is 8.78 Å². The molecule has 0 aromatic heterocycles. The number of aliphatic hydroxyl groups excluding tert-OH is 1. The largest absolute Gasteiger partial charge is 0.490 e. The van der Waals surface area contributed by atoms with Crippen LogP contribution in [0.1, 0.15) is 6.92 Å². The number of carbonyl (C=O) groups is 1. The lowest BCUT2D eigenvalue weighted by atomic mass is 10.3. The normalized spacial score (nSPS) is 10.5. The lowest BCUT2D eigenvalue weighted by molar-refractivity contribution is -0.135. The maximum atomic E-state index is 12.4.